The van der Waals surface area contributed by atoms with Gasteiger partial charge in [-0.15, -0.1) is 0 Å². The minimum Gasteiger partial charge on any atom is -0.491 e. The highest BCUT2D eigenvalue weighted by Crippen LogP contribution is 2.20. The van der Waals surface area contributed by atoms with E-state index in [1.54, 1.807) is 6.07 Å². The van der Waals surface area contributed by atoms with E-state index in [2.05, 4.69) is 10.2 Å². The molecule has 3 rings (SSSR count). The Labute approximate surface area is 154 Å². The Kier molecular flexibility index (Phi) is 7.00. The molecule has 2 aromatic rings. The van der Waals surface area contributed by atoms with E-state index in [4.69, 9.17) is 9.84 Å². The molecule has 0 bridgehead atoms. The third-order valence-electron chi connectivity index (χ3n) is 4.76. The molecule has 2 aromatic carbocycles. The van der Waals surface area contributed by atoms with Crippen molar-refractivity contribution in [2.45, 2.75) is 32.0 Å². The lowest BCUT2D eigenvalue weighted by Crippen LogP contribution is -2.45. The van der Waals surface area contributed by atoms with Gasteiger partial charge in [-0.2, -0.15) is 0 Å². The molecule has 1 atom stereocenters. The number of halogens is 1. The van der Waals surface area contributed by atoms with E-state index >= 15 is 0 Å². The Balaban J connectivity index is 1.53. The van der Waals surface area contributed by atoms with Crippen molar-refractivity contribution in [1.29, 1.82) is 0 Å². The summed E-state index contributed by atoms with van der Waals surface area (Å²) in [6.45, 7) is 3.60. The molecule has 0 unspecified atom stereocenters. The maximum Gasteiger partial charge on any atom is 0.127 e. The Morgan fingerprint density at radius 3 is 2.69 bits per heavy atom. The van der Waals surface area contributed by atoms with Crippen molar-refractivity contribution in [1.82, 2.24) is 10.2 Å². The van der Waals surface area contributed by atoms with E-state index in [-0.39, 0.29) is 12.4 Å². The zero-order valence-corrected chi connectivity index (χ0v) is 15.0. The van der Waals surface area contributed by atoms with Gasteiger partial charge >= 0.3 is 0 Å². The van der Waals surface area contributed by atoms with E-state index in [1.807, 2.05) is 36.4 Å². The molecule has 0 aliphatic carbocycles. The number of ether oxygens (including phenoxy) is 1. The van der Waals surface area contributed by atoms with Crippen LogP contribution in [0.1, 0.15) is 24.0 Å². The number of para-hydroxylation sites is 1. The Morgan fingerprint density at radius 2 is 1.88 bits per heavy atom. The molecule has 1 aliphatic rings. The first-order chi connectivity index (χ1) is 12.8. The topological polar surface area (TPSA) is 44.7 Å². The van der Waals surface area contributed by atoms with Crippen LogP contribution in [0.15, 0.2) is 48.5 Å². The van der Waals surface area contributed by atoms with E-state index in [0.29, 0.717) is 19.2 Å². The number of nitrogens with one attached hydrogen (secondary N) is 1. The van der Waals surface area contributed by atoms with Crippen LogP contribution in [0, 0.1) is 5.82 Å². The first-order valence-electron chi connectivity index (χ1n) is 9.27. The molecule has 1 fully saturated rings. The van der Waals surface area contributed by atoms with E-state index in [0.717, 1.165) is 49.4 Å². The van der Waals surface area contributed by atoms with Crippen molar-refractivity contribution in [3.63, 3.8) is 0 Å². The monoisotopic (exact) mass is 358 g/mol. The summed E-state index contributed by atoms with van der Waals surface area (Å²) in [6, 6.07) is 15.3. The molecule has 1 aliphatic heterocycles. The number of aliphatic hydroxyl groups excluding tert-OH is 1. The quantitative estimate of drug-likeness (QED) is 0.762. The van der Waals surface area contributed by atoms with E-state index < -0.39 is 0 Å². The number of piperidine rings is 1. The van der Waals surface area contributed by atoms with Gasteiger partial charge < -0.3 is 15.2 Å². The van der Waals surface area contributed by atoms with Gasteiger partial charge in [-0.25, -0.2) is 4.39 Å². The van der Waals surface area contributed by atoms with Crippen LogP contribution in [-0.4, -0.2) is 42.4 Å². The molecule has 0 spiro atoms. The van der Waals surface area contributed by atoms with Gasteiger partial charge in [0.05, 0.1) is 6.61 Å². The number of likely N-dealkylation sites (tertiary alicyclic amines) is 1. The number of hydrogen-bond donors (Lipinski definition) is 2. The first-order valence-corrected chi connectivity index (χ1v) is 9.27. The largest absolute Gasteiger partial charge is 0.491 e. The maximum absolute atomic E-state index is 13.9. The van der Waals surface area contributed by atoms with Crippen molar-refractivity contribution in [3.05, 3.63) is 65.5 Å². The van der Waals surface area contributed by atoms with Gasteiger partial charge in [-0.3, -0.25) is 4.90 Å². The second kappa shape index (κ2) is 9.67. The molecule has 1 heterocycles. The number of rotatable bonds is 8. The molecule has 1 saturated heterocycles. The second-order valence-corrected chi connectivity index (χ2v) is 6.73. The molecule has 0 radical (unpaired) electrons. The molecule has 0 saturated carbocycles. The van der Waals surface area contributed by atoms with Crippen LogP contribution in [0.5, 0.6) is 5.75 Å². The second-order valence-electron chi connectivity index (χ2n) is 6.73. The van der Waals surface area contributed by atoms with Gasteiger partial charge in [-0.1, -0.05) is 36.4 Å². The first kappa shape index (κ1) is 18.8. The normalized spacial score (nSPS) is 18.0. The van der Waals surface area contributed by atoms with E-state index in [9.17, 15) is 4.39 Å². The predicted molar refractivity (Wildman–Crippen MR) is 101 cm³/mol. The van der Waals surface area contributed by atoms with Crippen LogP contribution in [0.25, 0.3) is 0 Å². The molecule has 0 aromatic heterocycles. The van der Waals surface area contributed by atoms with Crippen LogP contribution < -0.4 is 10.1 Å². The lowest BCUT2D eigenvalue weighted by atomic mass is 10.0. The highest BCUT2D eigenvalue weighted by Gasteiger charge is 2.20. The molecule has 140 valence electrons. The summed E-state index contributed by atoms with van der Waals surface area (Å²) in [6.07, 6.45) is 2.22. The number of nitrogens with zero attached hydrogens (tertiary/aromatic N) is 1. The zero-order chi connectivity index (χ0) is 18.2. The molecule has 4 nitrogen and oxygen atoms in total. The summed E-state index contributed by atoms with van der Waals surface area (Å²) in [4.78, 5) is 2.31. The van der Waals surface area contributed by atoms with Gasteiger partial charge in [0.15, 0.2) is 0 Å². The van der Waals surface area contributed by atoms with Crippen molar-refractivity contribution in [2.24, 2.45) is 0 Å². The summed E-state index contributed by atoms with van der Waals surface area (Å²) in [5, 5.41) is 12.6. The maximum atomic E-state index is 13.9. The van der Waals surface area contributed by atoms with Crippen molar-refractivity contribution < 1.29 is 14.2 Å². The third-order valence-corrected chi connectivity index (χ3v) is 4.76. The van der Waals surface area contributed by atoms with Gasteiger partial charge in [-0.05, 0) is 31.5 Å². The Morgan fingerprint density at radius 1 is 1.12 bits per heavy atom. The summed E-state index contributed by atoms with van der Waals surface area (Å²) in [7, 11) is 0. The SMILES string of the molecule is OCCOc1ccccc1CN[C@H]1CCCN(Cc2ccccc2F)C1. The molecular weight excluding hydrogens is 331 g/mol. The van der Waals surface area contributed by atoms with Gasteiger partial charge in [0.2, 0.25) is 0 Å². The lowest BCUT2D eigenvalue weighted by Gasteiger charge is -2.33. The zero-order valence-electron chi connectivity index (χ0n) is 15.0. The number of aliphatic hydroxyl groups is 1. The van der Waals surface area contributed by atoms with Crippen molar-refractivity contribution >= 4 is 0 Å². The van der Waals surface area contributed by atoms with Crippen LogP contribution in [0.2, 0.25) is 0 Å². The lowest BCUT2D eigenvalue weighted by molar-refractivity contribution is 0.179. The number of hydrogen-bond acceptors (Lipinski definition) is 4. The highest BCUT2D eigenvalue weighted by molar-refractivity contribution is 5.33. The van der Waals surface area contributed by atoms with Gasteiger partial charge in [0.25, 0.3) is 0 Å². The van der Waals surface area contributed by atoms with E-state index in [1.165, 1.54) is 6.07 Å². The fourth-order valence-electron chi connectivity index (χ4n) is 3.43. The Hall–Kier alpha value is -1.95. The minimum absolute atomic E-state index is 0.00932. The van der Waals surface area contributed by atoms with Crippen molar-refractivity contribution in [3.8, 4) is 5.75 Å². The minimum atomic E-state index is -0.127. The summed E-state index contributed by atoms with van der Waals surface area (Å²) >= 11 is 0. The van der Waals surface area contributed by atoms with Gasteiger partial charge in [0.1, 0.15) is 18.2 Å². The molecule has 2 N–H and O–H groups in total. The third kappa shape index (κ3) is 5.27. The molecule has 5 heteroatoms. The van der Waals surface area contributed by atoms with Crippen molar-refractivity contribution in [2.75, 3.05) is 26.3 Å². The van der Waals surface area contributed by atoms with Crippen LogP contribution >= 0.6 is 0 Å². The Bertz CT molecular complexity index is 695. The average Bonchev–Trinajstić information content (AvgIpc) is 2.67. The summed E-state index contributed by atoms with van der Waals surface area (Å²) in [5.41, 5.74) is 1.85. The molecule has 0 amide bonds. The van der Waals surface area contributed by atoms with Crippen LogP contribution in [0.3, 0.4) is 0 Å². The van der Waals surface area contributed by atoms with Gasteiger partial charge in [0, 0.05) is 36.8 Å². The molecular formula is C21H27FN2O2. The van der Waals surface area contributed by atoms with Crippen LogP contribution in [0.4, 0.5) is 4.39 Å². The summed E-state index contributed by atoms with van der Waals surface area (Å²) in [5.74, 6) is 0.686. The fraction of sp³-hybridized carbons (Fsp3) is 0.429. The molecule has 26 heavy (non-hydrogen) atoms. The van der Waals surface area contributed by atoms with Crippen LogP contribution in [-0.2, 0) is 13.1 Å². The average molecular weight is 358 g/mol. The highest BCUT2D eigenvalue weighted by atomic mass is 19.1. The number of benzene rings is 2. The predicted octanol–water partition coefficient (Wildman–Crippen LogP) is 2.95. The smallest absolute Gasteiger partial charge is 0.127 e. The summed E-state index contributed by atoms with van der Waals surface area (Å²) < 4.78 is 19.5. The standard InChI is InChI=1S/C21H27FN2O2/c22-20-9-3-1-7-18(20)15-24-11-5-8-19(16-24)23-14-17-6-2-4-10-21(17)26-13-12-25/h1-4,6-7,9-10,19,23,25H,5,8,11-16H2/t19-/m0/s1. The fourth-order valence-corrected chi connectivity index (χ4v) is 3.43.